The first kappa shape index (κ1) is 17.7. The van der Waals surface area contributed by atoms with Crippen molar-refractivity contribution in [1.82, 2.24) is 4.68 Å². The molecule has 0 spiro atoms. The zero-order valence-corrected chi connectivity index (χ0v) is 15.8. The first-order valence-corrected chi connectivity index (χ1v) is 9.10. The summed E-state index contributed by atoms with van der Waals surface area (Å²) in [7, 11) is 0. The summed E-state index contributed by atoms with van der Waals surface area (Å²) in [5.74, 6) is 0.691. The molecular weight excluding hydrogens is 377 g/mol. The molecule has 0 aliphatic heterocycles. The van der Waals surface area contributed by atoms with E-state index >= 15 is 0 Å². The van der Waals surface area contributed by atoms with E-state index in [1.54, 1.807) is 29.1 Å². The molecule has 0 N–H and O–H groups in total. The molecule has 25 heavy (non-hydrogen) atoms. The molecule has 0 atom stereocenters. The van der Waals surface area contributed by atoms with Crippen LogP contribution < -0.4 is 4.80 Å². The van der Waals surface area contributed by atoms with Crippen molar-refractivity contribution in [1.29, 1.82) is 0 Å². The highest BCUT2D eigenvalue weighted by Gasteiger charge is 2.13. The number of hydrogen-bond acceptors (Lipinski definition) is 4. The van der Waals surface area contributed by atoms with Gasteiger partial charge in [0.1, 0.15) is 11.5 Å². The highest BCUT2D eigenvalue weighted by atomic mass is 35.5. The summed E-state index contributed by atoms with van der Waals surface area (Å²) >= 11 is 14.0. The maximum absolute atomic E-state index is 6.37. The van der Waals surface area contributed by atoms with Gasteiger partial charge in [-0.05, 0) is 37.3 Å². The molecule has 2 aromatic heterocycles. The van der Waals surface area contributed by atoms with Gasteiger partial charge in [-0.1, -0.05) is 29.3 Å². The standard InChI is InChI=1S/C18H15Cl2N3OS/c1-3-8-21-18-23(22-12(2)17-5-4-9-24-17)16(11-25-18)14-10-13(19)6-7-15(14)20/h3-7,9-11H,1,8H2,2H3. The van der Waals surface area contributed by atoms with Crippen LogP contribution in [0.1, 0.15) is 12.7 Å². The van der Waals surface area contributed by atoms with Crippen LogP contribution in [0.25, 0.3) is 11.3 Å². The van der Waals surface area contributed by atoms with Gasteiger partial charge in [0.15, 0.2) is 0 Å². The van der Waals surface area contributed by atoms with Crippen LogP contribution in [0.5, 0.6) is 0 Å². The molecule has 0 aliphatic rings. The molecule has 0 amide bonds. The fourth-order valence-corrected chi connectivity index (χ4v) is 3.43. The van der Waals surface area contributed by atoms with Crippen LogP contribution in [-0.4, -0.2) is 16.9 Å². The lowest BCUT2D eigenvalue weighted by Gasteiger charge is -2.07. The van der Waals surface area contributed by atoms with Crippen molar-refractivity contribution >= 4 is 40.3 Å². The van der Waals surface area contributed by atoms with Gasteiger partial charge in [-0.2, -0.15) is 5.10 Å². The Labute approximate surface area is 159 Å². The van der Waals surface area contributed by atoms with Crippen molar-refractivity contribution in [3.63, 3.8) is 0 Å². The van der Waals surface area contributed by atoms with Crippen molar-refractivity contribution in [3.8, 4) is 11.3 Å². The molecule has 0 unspecified atom stereocenters. The van der Waals surface area contributed by atoms with Crippen LogP contribution in [0.4, 0.5) is 0 Å². The Morgan fingerprint density at radius 2 is 2.20 bits per heavy atom. The Hall–Kier alpha value is -2.08. The maximum atomic E-state index is 6.37. The Kier molecular flexibility index (Phi) is 5.58. The number of thiazole rings is 1. The van der Waals surface area contributed by atoms with Crippen LogP contribution in [-0.2, 0) is 0 Å². The van der Waals surface area contributed by atoms with Gasteiger partial charge >= 0.3 is 0 Å². The van der Waals surface area contributed by atoms with Crippen LogP contribution in [0.2, 0.25) is 10.0 Å². The van der Waals surface area contributed by atoms with Crippen LogP contribution in [0.3, 0.4) is 0 Å². The molecule has 128 valence electrons. The second-order valence-corrected chi connectivity index (χ2v) is 6.81. The summed E-state index contributed by atoms with van der Waals surface area (Å²) in [4.78, 5) is 5.24. The second kappa shape index (κ2) is 7.87. The Balaban J connectivity index is 2.20. The van der Waals surface area contributed by atoms with Crippen molar-refractivity contribution < 1.29 is 4.42 Å². The van der Waals surface area contributed by atoms with E-state index in [-0.39, 0.29) is 0 Å². The molecule has 4 nitrogen and oxygen atoms in total. The number of benzene rings is 1. The third kappa shape index (κ3) is 3.95. The predicted molar refractivity (Wildman–Crippen MR) is 105 cm³/mol. The molecule has 0 bridgehead atoms. The lowest BCUT2D eigenvalue weighted by atomic mass is 10.2. The number of halogens is 2. The number of furan rings is 1. The topological polar surface area (TPSA) is 42.8 Å². The number of hydrogen-bond donors (Lipinski definition) is 0. The normalized spacial score (nSPS) is 12.6. The molecule has 0 fully saturated rings. The van der Waals surface area contributed by atoms with Crippen molar-refractivity contribution in [2.45, 2.75) is 6.92 Å². The maximum Gasteiger partial charge on any atom is 0.206 e. The highest BCUT2D eigenvalue weighted by Crippen LogP contribution is 2.31. The molecule has 0 aliphatic carbocycles. The van der Waals surface area contributed by atoms with Gasteiger partial charge < -0.3 is 4.42 Å². The average Bonchev–Trinajstić information content (AvgIpc) is 3.25. The van der Waals surface area contributed by atoms with E-state index in [1.165, 1.54) is 11.3 Å². The van der Waals surface area contributed by atoms with E-state index in [1.807, 2.05) is 30.5 Å². The third-order valence-corrected chi connectivity index (χ3v) is 4.79. The Bertz CT molecular complexity index is 984. The minimum atomic E-state index is 0.499. The lowest BCUT2D eigenvalue weighted by molar-refractivity contribution is 0.556. The summed E-state index contributed by atoms with van der Waals surface area (Å²) < 4.78 is 7.17. The molecule has 7 heteroatoms. The molecular formula is C18H15Cl2N3OS. The van der Waals surface area contributed by atoms with E-state index in [4.69, 9.17) is 27.6 Å². The van der Waals surface area contributed by atoms with Crippen LogP contribution in [0.15, 0.2) is 69.1 Å². The minimum absolute atomic E-state index is 0.499. The third-order valence-electron chi connectivity index (χ3n) is 3.37. The van der Waals surface area contributed by atoms with Crippen molar-refractivity contribution in [2.75, 3.05) is 6.54 Å². The summed E-state index contributed by atoms with van der Waals surface area (Å²) in [5, 5.41) is 7.84. The molecule has 0 radical (unpaired) electrons. The van der Waals surface area contributed by atoms with Crippen LogP contribution in [0, 0.1) is 0 Å². The summed E-state index contributed by atoms with van der Waals surface area (Å²) in [6, 6.07) is 9.02. The molecule has 1 aromatic carbocycles. The fraction of sp³-hybridized carbons (Fsp3) is 0.111. The number of aromatic nitrogens is 1. The summed E-state index contributed by atoms with van der Waals surface area (Å²) in [6.45, 7) is 6.09. The van der Waals surface area contributed by atoms with E-state index < -0.39 is 0 Å². The van der Waals surface area contributed by atoms with E-state index in [0.29, 0.717) is 22.4 Å². The molecule has 3 rings (SSSR count). The number of nitrogens with zero attached hydrogens (tertiary/aromatic N) is 3. The monoisotopic (exact) mass is 391 g/mol. The fourth-order valence-electron chi connectivity index (χ4n) is 2.21. The van der Waals surface area contributed by atoms with E-state index in [9.17, 15) is 0 Å². The smallest absolute Gasteiger partial charge is 0.206 e. The highest BCUT2D eigenvalue weighted by molar-refractivity contribution is 7.07. The summed E-state index contributed by atoms with van der Waals surface area (Å²) in [6.07, 6.45) is 3.35. The summed E-state index contributed by atoms with van der Waals surface area (Å²) in [5.41, 5.74) is 2.33. The lowest BCUT2D eigenvalue weighted by Crippen LogP contribution is -2.14. The van der Waals surface area contributed by atoms with Gasteiger partial charge in [0.05, 0.1) is 23.5 Å². The minimum Gasteiger partial charge on any atom is -0.463 e. The van der Waals surface area contributed by atoms with Gasteiger partial charge in [0.2, 0.25) is 4.80 Å². The number of rotatable bonds is 5. The Morgan fingerprint density at radius 1 is 1.36 bits per heavy atom. The Morgan fingerprint density at radius 3 is 2.92 bits per heavy atom. The van der Waals surface area contributed by atoms with Gasteiger partial charge in [0, 0.05) is 16.0 Å². The first-order valence-electron chi connectivity index (χ1n) is 7.47. The van der Waals surface area contributed by atoms with Gasteiger partial charge in [-0.15, -0.1) is 17.9 Å². The van der Waals surface area contributed by atoms with Crippen molar-refractivity contribution in [3.05, 3.63) is 75.2 Å². The quantitative estimate of drug-likeness (QED) is 0.419. The zero-order chi connectivity index (χ0) is 17.8. The average molecular weight is 392 g/mol. The van der Waals surface area contributed by atoms with Gasteiger partial charge in [-0.25, -0.2) is 4.68 Å². The van der Waals surface area contributed by atoms with Gasteiger partial charge in [0.25, 0.3) is 0 Å². The predicted octanol–water partition coefficient (Wildman–Crippen LogP) is 5.48. The molecule has 2 heterocycles. The van der Waals surface area contributed by atoms with E-state index in [0.717, 1.165) is 21.8 Å². The molecule has 0 saturated heterocycles. The first-order chi connectivity index (χ1) is 12.1. The SMILES string of the molecule is C=CCN=c1scc(-c2cc(Cl)ccc2Cl)n1N=C(C)c1ccco1. The van der Waals surface area contributed by atoms with Gasteiger partial charge in [-0.3, -0.25) is 4.99 Å². The molecule has 0 saturated carbocycles. The molecule has 3 aromatic rings. The van der Waals surface area contributed by atoms with Crippen LogP contribution >= 0.6 is 34.5 Å². The zero-order valence-electron chi connectivity index (χ0n) is 13.4. The van der Waals surface area contributed by atoms with Crippen molar-refractivity contribution in [2.24, 2.45) is 10.1 Å². The van der Waals surface area contributed by atoms with E-state index in [2.05, 4.69) is 16.7 Å². The second-order valence-electron chi connectivity index (χ2n) is 5.13. The largest absolute Gasteiger partial charge is 0.463 e.